The number of ether oxygens (including phenoxy) is 2. The molecule has 0 atom stereocenters. The van der Waals surface area contributed by atoms with Gasteiger partial charge in [-0.2, -0.15) is 0 Å². The van der Waals surface area contributed by atoms with Crippen LogP contribution in [0.1, 0.15) is 5.56 Å². The molecule has 2 aromatic carbocycles. The number of nitrogens with zero attached hydrogens (tertiary/aromatic N) is 3. The molecule has 0 amide bonds. The van der Waals surface area contributed by atoms with Gasteiger partial charge in [0.05, 0.1) is 26.2 Å². The SMILES string of the molecule is COc1ccc(OC)c(Cn2nnc3ccccc3c2=O)c1. The van der Waals surface area contributed by atoms with Gasteiger partial charge in [0, 0.05) is 5.56 Å². The van der Waals surface area contributed by atoms with Crippen LogP contribution < -0.4 is 15.0 Å². The molecule has 0 fully saturated rings. The highest BCUT2D eigenvalue weighted by atomic mass is 16.5. The topological polar surface area (TPSA) is 66.2 Å². The third kappa shape index (κ3) is 2.50. The third-order valence-electron chi connectivity index (χ3n) is 3.44. The molecule has 0 unspecified atom stereocenters. The van der Waals surface area contributed by atoms with Crippen molar-refractivity contribution in [2.45, 2.75) is 6.54 Å². The summed E-state index contributed by atoms with van der Waals surface area (Å²) in [6.07, 6.45) is 0. The summed E-state index contributed by atoms with van der Waals surface area (Å²) in [4.78, 5) is 12.5. The minimum Gasteiger partial charge on any atom is -0.497 e. The molecule has 0 saturated heterocycles. The predicted octanol–water partition coefficient (Wildman–Crippen LogP) is 1.86. The van der Waals surface area contributed by atoms with E-state index in [0.29, 0.717) is 22.4 Å². The van der Waals surface area contributed by atoms with Gasteiger partial charge in [-0.05, 0) is 30.3 Å². The molecule has 0 radical (unpaired) electrons. The lowest BCUT2D eigenvalue weighted by atomic mass is 10.2. The molecule has 0 aliphatic rings. The molecule has 3 aromatic rings. The average molecular weight is 297 g/mol. The van der Waals surface area contributed by atoms with Crippen LogP contribution in [0.5, 0.6) is 11.5 Å². The van der Waals surface area contributed by atoms with E-state index < -0.39 is 0 Å². The quantitative estimate of drug-likeness (QED) is 0.735. The molecule has 0 bridgehead atoms. The molecular formula is C16H15N3O3. The number of hydrogen-bond donors (Lipinski definition) is 0. The van der Waals surface area contributed by atoms with Crippen LogP contribution in [-0.2, 0) is 6.54 Å². The van der Waals surface area contributed by atoms with Gasteiger partial charge >= 0.3 is 0 Å². The summed E-state index contributed by atoms with van der Waals surface area (Å²) in [6, 6.07) is 12.6. The van der Waals surface area contributed by atoms with Gasteiger partial charge < -0.3 is 9.47 Å². The zero-order chi connectivity index (χ0) is 15.5. The maximum atomic E-state index is 12.5. The average Bonchev–Trinajstić information content (AvgIpc) is 2.57. The molecule has 22 heavy (non-hydrogen) atoms. The Bertz CT molecular complexity index is 874. The molecule has 1 aromatic heterocycles. The van der Waals surface area contributed by atoms with E-state index in [1.54, 1.807) is 38.5 Å². The first-order chi connectivity index (χ1) is 10.7. The fraction of sp³-hybridized carbons (Fsp3) is 0.188. The predicted molar refractivity (Wildman–Crippen MR) is 82.4 cm³/mol. The van der Waals surface area contributed by atoms with E-state index in [4.69, 9.17) is 9.47 Å². The number of rotatable bonds is 4. The second-order valence-electron chi connectivity index (χ2n) is 4.75. The van der Waals surface area contributed by atoms with Crippen LogP contribution in [0.15, 0.2) is 47.3 Å². The van der Waals surface area contributed by atoms with Crippen LogP contribution in [0, 0.1) is 0 Å². The molecular weight excluding hydrogens is 282 g/mol. The summed E-state index contributed by atoms with van der Waals surface area (Å²) in [5, 5.41) is 8.61. The van der Waals surface area contributed by atoms with Gasteiger partial charge in [0.1, 0.15) is 17.0 Å². The second-order valence-corrected chi connectivity index (χ2v) is 4.75. The van der Waals surface area contributed by atoms with Crippen molar-refractivity contribution in [1.29, 1.82) is 0 Å². The van der Waals surface area contributed by atoms with Gasteiger partial charge in [0.15, 0.2) is 0 Å². The first kappa shape index (κ1) is 14.1. The van der Waals surface area contributed by atoms with Crippen molar-refractivity contribution in [3.63, 3.8) is 0 Å². The summed E-state index contributed by atoms with van der Waals surface area (Å²) in [6.45, 7) is 0.261. The molecule has 0 N–H and O–H groups in total. The number of benzene rings is 2. The third-order valence-corrected chi connectivity index (χ3v) is 3.44. The van der Waals surface area contributed by atoms with Crippen LogP contribution >= 0.6 is 0 Å². The molecule has 1 heterocycles. The Morgan fingerprint density at radius 3 is 2.68 bits per heavy atom. The van der Waals surface area contributed by atoms with Gasteiger partial charge in [0.25, 0.3) is 5.56 Å². The van der Waals surface area contributed by atoms with E-state index in [2.05, 4.69) is 10.3 Å². The van der Waals surface area contributed by atoms with Gasteiger partial charge in [-0.3, -0.25) is 4.79 Å². The molecule has 0 aliphatic carbocycles. The van der Waals surface area contributed by atoms with Crippen LogP contribution in [0.2, 0.25) is 0 Å². The molecule has 112 valence electrons. The van der Waals surface area contributed by atoms with Crippen LogP contribution in [0.4, 0.5) is 0 Å². The van der Waals surface area contributed by atoms with Crippen LogP contribution in [0.25, 0.3) is 10.9 Å². The monoisotopic (exact) mass is 297 g/mol. The standard InChI is InChI=1S/C16H15N3O3/c1-21-12-7-8-15(22-2)11(9-12)10-19-16(20)13-5-3-4-6-14(13)17-18-19/h3-9H,10H2,1-2H3. The van der Waals surface area contributed by atoms with Crippen molar-refractivity contribution >= 4 is 10.9 Å². The van der Waals surface area contributed by atoms with Crippen molar-refractivity contribution < 1.29 is 9.47 Å². The van der Waals surface area contributed by atoms with Crippen molar-refractivity contribution in [1.82, 2.24) is 15.0 Å². The summed E-state index contributed by atoms with van der Waals surface area (Å²) in [5.41, 5.74) is 1.20. The minimum absolute atomic E-state index is 0.185. The second kappa shape index (κ2) is 5.85. The Morgan fingerprint density at radius 1 is 1.09 bits per heavy atom. The van der Waals surface area contributed by atoms with E-state index in [9.17, 15) is 4.79 Å². The number of hydrogen-bond acceptors (Lipinski definition) is 5. The number of fused-ring (bicyclic) bond motifs is 1. The van der Waals surface area contributed by atoms with E-state index in [1.807, 2.05) is 18.2 Å². The van der Waals surface area contributed by atoms with Crippen molar-refractivity contribution in [3.8, 4) is 11.5 Å². The lowest BCUT2D eigenvalue weighted by molar-refractivity contribution is 0.396. The van der Waals surface area contributed by atoms with Crippen molar-refractivity contribution in [3.05, 3.63) is 58.4 Å². The van der Waals surface area contributed by atoms with Gasteiger partial charge in [0.2, 0.25) is 0 Å². The zero-order valence-electron chi connectivity index (χ0n) is 12.3. The maximum absolute atomic E-state index is 12.5. The lowest BCUT2D eigenvalue weighted by Crippen LogP contribution is -2.25. The molecule has 3 rings (SSSR count). The fourth-order valence-electron chi connectivity index (χ4n) is 2.29. The maximum Gasteiger partial charge on any atom is 0.277 e. The molecule has 0 aliphatic heterocycles. The van der Waals surface area contributed by atoms with Gasteiger partial charge in [-0.15, -0.1) is 5.10 Å². The molecule has 6 nitrogen and oxygen atoms in total. The first-order valence-electron chi connectivity index (χ1n) is 6.76. The minimum atomic E-state index is -0.185. The van der Waals surface area contributed by atoms with E-state index >= 15 is 0 Å². The Hall–Kier alpha value is -2.89. The Kier molecular flexibility index (Phi) is 3.74. The normalized spacial score (nSPS) is 10.6. The zero-order valence-corrected chi connectivity index (χ0v) is 12.3. The first-order valence-corrected chi connectivity index (χ1v) is 6.76. The molecule has 0 spiro atoms. The summed E-state index contributed by atoms with van der Waals surface area (Å²) in [5.74, 6) is 1.36. The summed E-state index contributed by atoms with van der Waals surface area (Å²) in [7, 11) is 3.17. The summed E-state index contributed by atoms with van der Waals surface area (Å²) >= 11 is 0. The Labute approximate surface area is 126 Å². The molecule has 6 heteroatoms. The number of aromatic nitrogens is 3. The summed E-state index contributed by atoms with van der Waals surface area (Å²) < 4.78 is 11.9. The number of methoxy groups -OCH3 is 2. The van der Waals surface area contributed by atoms with E-state index in [1.165, 1.54) is 4.68 Å². The fourth-order valence-corrected chi connectivity index (χ4v) is 2.29. The van der Waals surface area contributed by atoms with Crippen LogP contribution in [-0.4, -0.2) is 29.2 Å². The molecule has 0 saturated carbocycles. The highest BCUT2D eigenvalue weighted by molar-refractivity contribution is 5.76. The largest absolute Gasteiger partial charge is 0.497 e. The Balaban J connectivity index is 2.07. The van der Waals surface area contributed by atoms with Crippen molar-refractivity contribution in [2.75, 3.05) is 14.2 Å². The van der Waals surface area contributed by atoms with E-state index in [0.717, 1.165) is 5.56 Å². The highest BCUT2D eigenvalue weighted by Gasteiger charge is 2.10. The van der Waals surface area contributed by atoms with E-state index in [-0.39, 0.29) is 12.1 Å². The smallest absolute Gasteiger partial charge is 0.277 e. The van der Waals surface area contributed by atoms with Crippen LogP contribution in [0.3, 0.4) is 0 Å². The van der Waals surface area contributed by atoms with Gasteiger partial charge in [-0.1, -0.05) is 17.3 Å². The van der Waals surface area contributed by atoms with Crippen molar-refractivity contribution in [2.24, 2.45) is 0 Å². The highest BCUT2D eigenvalue weighted by Crippen LogP contribution is 2.24. The van der Waals surface area contributed by atoms with Gasteiger partial charge in [-0.25, -0.2) is 4.68 Å². The Morgan fingerprint density at radius 2 is 1.91 bits per heavy atom. The lowest BCUT2D eigenvalue weighted by Gasteiger charge is -2.11.